The second-order valence-corrected chi connectivity index (χ2v) is 2.73. The number of nitrogens with zero attached hydrogens (tertiary/aromatic N) is 1. The highest BCUT2D eigenvalue weighted by atomic mass is 16.1. The molecular weight excluding hydrogens is 168 g/mol. The summed E-state index contributed by atoms with van der Waals surface area (Å²) in [5.74, 6) is -0.113. The summed E-state index contributed by atoms with van der Waals surface area (Å²) in [7, 11) is 0. The van der Waals surface area contributed by atoms with Crippen LogP contribution in [0, 0.1) is 0 Å². The quantitative estimate of drug-likeness (QED) is 0.508. The molecular formula is C9H6N2O2. The number of carbonyl (C=O) groups is 1. The Morgan fingerprint density at radius 3 is 3.08 bits per heavy atom. The molecule has 0 atom stereocenters. The third kappa shape index (κ3) is 1.23. The van der Waals surface area contributed by atoms with E-state index in [9.17, 15) is 9.59 Å². The lowest BCUT2D eigenvalue weighted by atomic mass is 10.1. The van der Waals surface area contributed by atoms with Crippen LogP contribution in [0.4, 0.5) is 5.69 Å². The Kier molecular flexibility index (Phi) is 1.69. The second kappa shape index (κ2) is 2.84. The highest BCUT2D eigenvalue weighted by molar-refractivity contribution is 5.99. The Bertz CT molecular complexity index is 420. The van der Waals surface area contributed by atoms with E-state index in [2.05, 4.69) is 10.3 Å². The number of hydrogen-bond donors (Lipinski definition) is 1. The molecule has 0 aliphatic carbocycles. The lowest BCUT2D eigenvalue weighted by Crippen LogP contribution is -2.12. The number of amides is 1. The van der Waals surface area contributed by atoms with Gasteiger partial charge in [-0.2, -0.15) is 4.99 Å². The number of benzene rings is 1. The molecule has 4 nitrogen and oxygen atoms in total. The number of hydrogen-bond acceptors (Lipinski definition) is 3. The minimum Gasteiger partial charge on any atom is -0.348 e. The Balaban J connectivity index is 2.53. The molecule has 0 unspecified atom stereocenters. The third-order valence-electron chi connectivity index (χ3n) is 1.95. The Labute approximate surface area is 74.3 Å². The van der Waals surface area contributed by atoms with Gasteiger partial charge in [0.2, 0.25) is 6.08 Å². The van der Waals surface area contributed by atoms with Crippen LogP contribution >= 0.6 is 0 Å². The zero-order valence-corrected chi connectivity index (χ0v) is 6.70. The summed E-state index contributed by atoms with van der Waals surface area (Å²) >= 11 is 0. The predicted octanol–water partition coefficient (Wildman–Crippen LogP) is 0.897. The molecule has 0 radical (unpaired) electrons. The van der Waals surface area contributed by atoms with Crippen LogP contribution in [0.15, 0.2) is 23.2 Å². The largest absolute Gasteiger partial charge is 0.348 e. The van der Waals surface area contributed by atoms with Crippen LogP contribution in [0.25, 0.3) is 0 Å². The van der Waals surface area contributed by atoms with Gasteiger partial charge in [-0.25, -0.2) is 4.79 Å². The molecule has 1 aliphatic heterocycles. The number of aliphatic imine (C=N–C) groups is 1. The molecule has 13 heavy (non-hydrogen) atoms. The first-order chi connectivity index (χ1) is 6.31. The van der Waals surface area contributed by atoms with E-state index in [0.29, 0.717) is 17.8 Å². The van der Waals surface area contributed by atoms with Crippen LogP contribution in [0.5, 0.6) is 0 Å². The third-order valence-corrected chi connectivity index (χ3v) is 1.95. The van der Waals surface area contributed by atoms with Gasteiger partial charge in [-0.1, -0.05) is 6.07 Å². The lowest BCUT2D eigenvalue weighted by molar-refractivity contribution is 0.0966. The molecule has 0 saturated heterocycles. The minimum atomic E-state index is -0.113. The average Bonchev–Trinajstić information content (AvgIpc) is 2.49. The highest BCUT2D eigenvalue weighted by Crippen LogP contribution is 2.21. The molecule has 2 rings (SSSR count). The Morgan fingerprint density at radius 2 is 2.31 bits per heavy atom. The van der Waals surface area contributed by atoms with Crippen molar-refractivity contribution in [1.82, 2.24) is 5.32 Å². The summed E-state index contributed by atoms with van der Waals surface area (Å²) in [6.45, 7) is 0.555. The molecule has 1 aromatic carbocycles. The summed E-state index contributed by atoms with van der Waals surface area (Å²) in [5.41, 5.74) is 2.00. The fourth-order valence-electron chi connectivity index (χ4n) is 1.32. The summed E-state index contributed by atoms with van der Waals surface area (Å²) < 4.78 is 0. The monoisotopic (exact) mass is 174 g/mol. The molecule has 64 valence electrons. The summed E-state index contributed by atoms with van der Waals surface area (Å²) in [6.07, 6.45) is 1.43. The average molecular weight is 174 g/mol. The highest BCUT2D eigenvalue weighted by Gasteiger charge is 2.18. The second-order valence-electron chi connectivity index (χ2n) is 2.73. The number of nitrogens with one attached hydrogen (secondary N) is 1. The zero-order chi connectivity index (χ0) is 9.26. The first-order valence-electron chi connectivity index (χ1n) is 3.80. The molecule has 0 bridgehead atoms. The fraction of sp³-hybridized carbons (Fsp3) is 0.111. The maximum atomic E-state index is 11.2. The SMILES string of the molecule is O=C=Nc1ccc2c(c1)C(=O)NC2. The topological polar surface area (TPSA) is 58.5 Å². The van der Waals surface area contributed by atoms with Crippen molar-refractivity contribution >= 4 is 17.7 Å². The molecule has 1 heterocycles. The van der Waals surface area contributed by atoms with Crippen LogP contribution in [-0.4, -0.2) is 12.0 Å². The maximum Gasteiger partial charge on any atom is 0.251 e. The van der Waals surface area contributed by atoms with Crippen LogP contribution in [0.1, 0.15) is 15.9 Å². The van der Waals surface area contributed by atoms with Crippen molar-refractivity contribution in [2.75, 3.05) is 0 Å². The van der Waals surface area contributed by atoms with E-state index in [1.54, 1.807) is 18.2 Å². The normalized spacial score (nSPS) is 13.1. The van der Waals surface area contributed by atoms with Crippen LogP contribution in [0.2, 0.25) is 0 Å². The maximum absolute atomic E-state index is 11.2. The lowest BCUT2D eigenvalue weighted by Gasteiger charge is -1.94. The van der Waals surface area contributed by atoms with Gasteiger partial charge in [-0.3, -0.25) is 4.79 Å². The molecule has 1 amide bonds. The van der Waals surface area contributed by atoms with Crippen molar-refractivity contribution in [3.8, 4) is 0 Å². The van der Waals surface area contributed by atoms with E-state index < -0.39 is 0 Å². The Hall–Kier alpha value is -1.93. The van der Waals surface area contributed by atoms with Gasteiger partial charge in [0.05, 0.1) is 5.69 Å². The first kappa shape index (κ1) is 7.71. The zero-order valence-electron chi connectivity index (χ0n) is 6.70. The molecule has 0 aromatic heterocycles. The molecule has 1 aromatic rings. The van der Waals surface area contributed by atoms with Crippen molar-refractivity contribution in [3.05, 3.63) is 29.3 Å². The van der Waals surface area contributed by atoms with E-state index in [0.717, 1.165) is 5.56 Å². The van der Waals surface area contributed by atoms with E-state index in [1.807, 2.05) is 0 Å². The van der Waals surface area contributed by atoms with Gasteiger partial charge < -0.3 is 5.32 Å². The molecule has 1 N–H and O–H groups in total. The van der Waals surface area contributed by atoms with Gasteiger partial charge in [0.15, 0.2) is 0 Å². The van der Waals surface area contributed by atoms with Gasteiger partial charge in [0.25, 0.3) is 5.91 Å². The van der Waals surface area contributed by atoms with Crippen molar-refractivity contribution in [3.63, 3.8) is 0 Å². The number of carbonyl (C=O) groups excluding carboxylic acids is 2. The smallest absolute Gasteiger partial charge is 0.251 e. The van der Waals surface area contributed by atoms with Gasteiger partial charge in [0, 0.05) is 12.1 Å². The van der Waals surface area contributed by atoms with Gasteiger partial charge in [0.1, 0.15) is 0 Å². The summed E-state index contributed by atoms with van der Waals surface area (Å²) in [5, 5.41) is 2.68. The summed E-state index contributed by atoms with van der Waals surface area (Å²) in [4.78, 5) is 24.6. The standard InChI is InChI=1S/C9H6N2O2/c12-5-11-7-2-1-6-4-10-9(13)8(6)3-7/h1-3H,4H2,(H,10,13). The van der Waals surface area contributed by atoms with Crippen LogP contribution < -0.4 is 5.32 Å². The number of rotatable bonds is 1. The first-order valence-corrected chi connectivity index (χ1v) is 3.80. The van der Waals surface area contributed by atoms with E-state index in [4.69, 9.17) is 0 Å². The molecule has 1 aliphatic rings. The van der Waals surface area contributed by atoms with Crippen LogP contribution in [0.3, 0.4) is 0 Å². The van der Waals surface area contributed by atoms with E-state index in [1.165, 1.54) is 6.08 Å². The van der Waals surface area contributed by atoms with Crippen molar-refractivity contribution in [2.45, 2.75) is 6.54 Å². The van der Waals surface area contributed by atoms with Crippen LogP contribution in [-0.2, 0) is 11.3 Å². The van der Waals surface area contributed by atoms with Crippen molar-refractivity contribution < 1.29 is 9.59 Å². The van der Waals surface area contributed by atoms with E-state index in [-0.39, 0.29) is 5.91 Å². The predicted molar refractivity (Wildman–Crippen MR) is 45.4 cm³/mol. The molecule has 0 saturated carbocycles. The van der Waals surface area contributed by atoms with Crippen molar-refractivity contribution in [2.24, 2.45) is 4.99 Å². The van der Waals surface area contributed by atoms with E-state index >= 15 is 0 Å². The minimum absolute atomic E-state index is 0.113. The van der Waals surface area contributed by atoms with Gasteiger partial charge in [-0.05, 0) is 17.7 Å². The number of fused-ring (bicyclic) bond motifs is 1. The molecule has 0 fully saturated rings. The Morgan fingerprint density at radius 1 is 1.46 bits per heavy atom. The van der Waals surface area contributed by atoms with Crippen molar-refractivity contribution in [1.29, 1.82) is 0 Å². The van der Waals surface area contributed by atoms with Gasteiger partial charge >= 0.3 is 0 Å². The number of isocyanates is 1. The molecule has 0 spiro atoms. The molecule has 4 heteroatoms. The summed E-state index contributed by atoms with van der Waals surface area (Å²) in [6, 6.07) is 5.05. The fourth-order valence-corrected chi connectivity index (χ4v) is 1.32. The van der Waals surface area contributed by atoms with Gasteiger partial charge in [-0.15, -0.1) is 0 Å².